The van der Waals surface area contributed by atoms with Crippen molar-refractivity contribution in [2.45, 2.75) is 37.8 Å². The molecule has 2 fully saturated rings. The Balaban J connectivity index is 1.68. The number of hydrogen-bond donors (Lipinski definition) is 0. The molecule has 7 nitrogen and oxygen atoms in total. The van der Waals surface area contributed by atoms with Crippen LogP contribution in [0.25, 0.3) is 5.57 Å². The molecule has 3 amide bonds. The summed E-state index contributed by atoms with van der Waals surface area (Å²) in [5.74, 6) is -2.34. The Morgan fingerprint density at radius 3 is 2.53 bits per heavy atom. The van der Waals surface area contributed by atoms with E-state index in [-0.39, 0.29) is 30.1 Å². The van der Waals surface area contributed by atoms with Gasteiger partial charge in [0.25, 0.3) is 0 Å². The molecule has 0 spiro atoms. The Bertz CT molecular complexity index is 999. The van der Waals surface area contributed by atoms with E-state index in [0.717, 1.165) is 24.0 Å². The Morgan fingerprint density at radius 2 is 1.77 bits per heavy atom. The number of methoxy groups -OCH3 is 1. The van der Waals surface area contributed by atoms with Crippen LogP contribution in [0.1, 0.15) is 30.4 Å². The maximum Gasteiger partial charge on any atom is 0.328 e. The highest BCUT2D eigenvalue weighted by Gasteiger charge is 2.59. The van der Waals surface area contributed by atoms with Crippen LogP contribution in [0.15, 0.2) is 30.3 Å². The molecule has 30 heavy (non-hydrogen) atoms. The van der Waals surface area contributed by atoms with E-state index in [4.69, 9.17) is 4.74 Å². The Morgan fingerprint density at radius 1 is 1.03 bits per heavy atom. The van der Waals surface area contributed by atoms with Crippen molar-refractivity contribution in [1.82, 2.24) is 9.80 Å². The van der Waals surface area contributed by atoms with Crippen molar-refractivity contribution in [1.29, 1.82) is 0 Å². The maximum atomic E-state index is 13.1. The van der Waals surface area contributed by atoms with Gasteiger partial charge < -0.3 is 9.64 Å². The number of nitrogens with zero attached hydrogens (tertiary/aromatic N) is 2. The number of imide groups is 1. The molecule has 2 saturated heterocycles. The molecular formula is C23H24N2O5. The Hall–Kier alpha value is -2.96. The number of fused-ring (bicyclic) bond motifs is 5. The fraction of sp³-hybridized carbons (Fsp3) is 0.478. The fourth-order valence-corrected chi connectivity index (χ4v) is 5.90. The zero-order valence-electron chi connectivity index (χ0n) is 17.0. The lowest BCUT2D eigenvalue weighted by atomic mass is 9.64. The molecule has 4 aliphatic rings. The van der Waals surface area contributed by atoms with E-state index >= 15 is 0 Å². The monoisotopic (exact) mass is 408 g/mol. The second-order valence-electron chi connectivity index (χ2n) is 8.58. The average Bonchev–Trinajstić information content (AvgIpc) is 3.26. The molecule has 2 heterocycles. The second-order valence-corrected chi connectivity index (χ2v) is 8.58. The van der Waals surface area contributed by atoms with Gasteiger partial charge in [0, 0.05) is 13.5 Å². The van der Waals surface area contributed by atoms with Crippen LogP contribution in [0.2, 0.25) is 0 Å². The molecule has 0 unspecified atom stereocenters. The number of benzene rings is 1. The summed E-state index contributed by atoms with van der Waals surface area (Å²) in [4.78, 5) is 54.2. The zero-order chi connectivity index (χ0) is 21.2. The van der Waals surface area contributed by atoms with Crippen molar-refractivity contribution in [2.24, 2.45) is 17.8 Å². The minimum absolute atomic E-state index is 0.0585. The van der Waals surface area contributed by atoms with E-state index < -0.39 is 29.9 Å². The van der Waals surface area contributed by atoms with Gasteiger partial charge in [-0.05, 0) is 41.9 Å². The molecule has 0 bridgehead atoms. The summed E-state index contributed by atoms with van der Waals surface area (Å²) in [5, 5.41) is 0. The van der Waals surface area contributed by atoms with Gasteiger partial charge in [-0.1, -0.05) is 30.3 Å². The summed E-state index contributed by atoms with van der Waals surface area (Å²) >= 11 is 0. The number of rotatable bonds is 2. The van der Waals surface area contributed by atoms with Gasteiger partial charge in [-0.2, -0.15) is 0 Å². The molecule has 2 aliphatic heterocycles. The number of aryl methyl sites for hydroxylation is 1. The molecule has 7 heteroatoms. The van der Waals surface area contributed by atoms with Gasteiger partial charge in [0.15, 0.2) is 0 Å². The van der Waals surface area contributed by atoms with Crippen LogP contribution in [0, 0.1) is 17.8 Å². The number of ether oxygens (including phenoxy) is 1. The highest BCUT2D eigenvalue weighted by Crippen LogP contribution is 2.51. The lowest BCUT2D eigenvalue weighted by Crippen LogP contribution is -2.53. The summed E-state index contributed by atoms with van der Waals surface area (Å²) in [6.07, 6.45) is 4.21. The van der Waals surface area contributed by atoms with Gasteiger partial charge >= 0.3 is 5.97 Å². The number of hydrogen-bond acceptors (Lipinski definition) is 5. The van der Waals surface area contributed by atoms with Gasteiger partial charge in [0.1, 0.15) is 6.04 Å². The van der Waals surface area contributed by atoms with E-state index in [1.54, 1.807) is 0 Å². The fourth-order valence-electron chi connectivity index (χ4n) is 5.90. The molecule has 156 valence electrons. The molecule has 0 N–H and O–H groups in total. The van der Waals surface area contributed by atoms with Crippen LogP contribution in [-0.2, 0) is 30.3 Å². The molecule has 0 radical (unpaired) electrons. The third-order valence-corrected chi connectivity index (χ3v) is 7.27. The number of carbonyl (C=O) groups is 4. The van der Waals surface area contributed by atoms with E-state index in [1.165, 1.54) is 29.5 Å². The average molecular weight is 408 g/mol. The molecule has 5 atom stereocenters. The summed E-state index contributed by atoms with van der Waals surface area (Å²) < 4.78 is 4.93. The molecule has 1 aromatic rings. The second kappa shape index (κ2) is 6.79. The van der Waals surface area contributed by atoms with Crippen molar-refractivity contribution < 1.29 is 23.9 Å². The summed E-state index contributed by atoms with van der Waals surface area (Å²) in [7, 11) is 2.82. The topological polar surface area (TPSA) is 84.0 Å². The summed E-state index contributed by atoms with van der Waals surface area (Å²) in [6.45, 7) is 0. The van der Waals surface area contributed by atoms with Gasteiger partial charge in [0.05, 0.1) is 25.0 Å². The van der Waals surface area contributed by atoms with Crippen molar-refractivity contribution in [2.75, 3.05) is 14.2 Å². The number of allylic oxidation sites excluding steroid dienone is 1. The molecular weight excluding hydrogens is 384 g/mol. The molecule has 1 aromatic carbocycles. The largest absolute Gasteiger partial charge is 0.467 e. The first-order valence-corrected chi connectivity index (χ1v) is 10.4. The minimum atomic E-state index is -0.728. The lowest BCUT2D eigenvalue weighted by molar-refractivity contribution is -0.152. The number of carbonyl (C=O) groups excluding carboxylic acids is 4. The quantitative estimate of drug-likeness (QED) is 0.546. The molecule has 0 saturated carbocycles. The van der Waals surface area contributed by atoms with E-state index in [0.29, 0.717) is 6.42 Å². The first-order valence-electron chi connectivity index (χ1n) is 10.4. The van der Waals surface area contributed by atoms with Crippen LogP contribution >= 0.6 is 0 Å². The number of likely N-dealkylation sites (tertiary alicyclic amines) is 2. The van der Waals surface area contributed by atoms with Crippen LogP contribution in [0.3, 0.4) is 0 Å². The van der Waals surface area contributed by atoms with Gasteiger partial charge in [-0.25, -0.2) is 4.79 Å². The highest BCUT2D eigenvalue weighted by atomic mass is 16.5. The van der Waals surface area contributed by atoms with Crippen LogP contribution in [0.5, 0.6) is 0 Å². The SMILES string of the molecule is COC(=O)[C@@H]1CCC(=O)N1[C@@H]1C=C2c3ccccc3CC[C@@H]2[C@@H]2C(=O)N(C)C(=O)[C@@H]21. The van der Waals surface area contributed by atoms with E-state index in [1.807, 2.05) is 24.3 Å². The zero-order valence-corrected chi connectivity index (χ0v) is 17.0. The first-order chi connectivity index (χ1) is 14.4. The van der Waals surface area contributed by atoms with E-state index in [2.05, 4.69) is 6.07 Å². The Kier molecular flexibility index (Phi) is 4.31. The van der Waals surface area contributed by atoms with Crippen molar-refractivity contribution in [3.8, 4) is 0 Å². The third kappa shape index (κ3) is 2.50. The predicted octanol–water partition coefficient (Wildman–Crippen LogP) is 1.41. The summed E-state index contributed by atoms with van der Waals surface area (Å²) in [6, 6.07) is 6.73. The minimum Gasteiger partial charge on any atom is -0.467 e. The highest BCUT2D eigenvalue weighted by molar-refractivity contribution is 6.07. The lowest BCUT2D eigenvalue weighted by Gasteiger charge is -2.43. The van der Waals surface area contributed by atoms with Gasteiger partial charge in [0.2, 0.25) is 17.7 Å². The van der Waals surface area contributed by atoms with Gasteiger partial charge in [-0.3, -0.25) is 19.3 Å². The normalized spacial score (nSPS) is 32.5. The standard InChI is InChI=1S/C23H24N2O5/c1-24-21(27)19-14-8-7-12-5-3-4-6-13(12)15(14)11-17(20(19)22(24)28)25-16(23(29)30-2)9-10-18(25)26/h3-6,11,14,16-17,19-20H,7-10H2,1-2H3/t14-,16-,17+,19-,20+/m0/s1. The van der Waals surface area contributed by atoms with Crippen molar-refractivity contribution >= 4 is 29.3 Å². The molecule has 0 aromatic heterocycles. The van der Waals surface area contributed by atoms with Crippen LogP contribution < -0.4 is 0 Å². The smallest absolute Gasteiger partial charge is 0.328 e. The van der Waals surface area contributed by atoms with Crippen LogP contribution in [0.4, 0.5) is 0 Å². The first kappa shape index (κ1) is 19.0. The van der Waals surface area contributed by atoms with Gasteiger partial charge in [-0.15, -0.1) is 0 Å². The van der Waals surface area contributed by atoms with Crippen molar-refractivity contribution in [3.63, 3.8) is 0 Å². The predicted molar refractivity (Wildman–Crippen MR) is 107 cm³/mol. The van der Waals surface area contributed by atoms with Crippen molar-refractivity contribution in [3.05, 3.63) is 41.5 Å². The number of esters is 1. The van der Waals surface area contributed by atoms with E-state index in [9.17, 15) is 19.2 Å². The maximum absolute atomic E-state index is 13.1. The molecule has 2 aliphatic carbocycles. The third-order valence-electron chi connectivity index (χ3n) is 7.27. The molecule has 5 rings (SSSR count). The summed E-state index contributed by atoms with van der Waals surface area (Å²) in [5.41, 5.74) is 3.30. The number of amides is 3. The van der Waals surface area contributed by atoms with Crippen LogP contribution in [-0.4, -0.2) is 59.7 Å². The Labute approximate surface area is 174 Å².